The average Bonchev–Trinajstić information content (AvgIpc) is 3.25. The number of aryl methyl sites for hydroxylation is 2. The molecule has 1 aliphatic heterocycles. The summed E-state index contributed by atoms with van der Waals surface area (Å²) >= 11 is 7.53. The number of morpholine rings is 1. The third-order valence-electron chi connectivity index (χ3n) is 5.11. The zero-order chi connectivity index (χ0) is 23.2. The van der Waals surface area contributed by atoms with Crippen LogP contribution in [0.15, 0.2) is 29.6 Å². The van der Waals surface area contributed by atoms with E-state index >= 15 is 0 Å². The van der Waals surface area contributed by atoms with Crippen molar-refractivity contribution in [3.05, 3.63) is 51.7 Å². The van der Waals surface area contributed by atoms with E-state index in [1.807, 2.05) is 32.0 Å². The molecule has 1 fully saturated rings. The SMILES string of the molecule is Cc1nc(NCCN2CCOCC2)cc(Nc2nc(C(=O)Nc3c(C)cccc3Cl)cs2)n1. The molecule has 0 bridgehead atoms. The van der Waals surface area contributed by atoms with Crippen molar-refractivity contribution in [2.45, 2.75) is 13.8 Å². The first-order valence-corrected chi connectivity index (χ1v) is 11.9. The molecule has 33 heavy (non-hydrogen) atoms. The molecular weight excluding hydrogens is 462 g/mol. The average molecular weight is 488 g/mol. The first-order chi connectivity index (χ1) is 16.0. The Hall–Kier alpha value is -2.79. The van der Waals surface area contributed by atoms with E-state index in [1.165, 1.54) is 11.3 Å². The van der Waals surface area contributed by atoms with E-state index < -0.39 is 0 Å². The molecule has 0 radical (unpaired) electrons. The Bertz CT molecular complexity index is 1100. The van der Waals surface area contributed by atoms with Crippen LogP contribution in [0.4, 0.5) is 22.5 Å². The Morgan fingerprint density at radius 3 is 2.76 bits per heavy atom. The Kier molecular flexibility index (Phi) is 7.71. The number of benzene rings is 1. The highest BCUT2D eigenvalue weighted by molar-refractivity contribution is 7.14. The number of carbonyl (C=O) groups is 1. The van der Waals surface area contributed by atoms with Crippen LogP contribution in [0.1, 0.15) is 21.9 Å². The van der Waals surface area contributed by atoms with Gasteiger partial charge < -0.3 is 20.7 Å². The summed E-state index contributed by atoms with van der Waals surface area (Å²) in [6, 6.07) is 7.30. The van der Waals surface area contributed by atoms with Crippen LogP contribution in [-0.4, -0.2) is 65.2 Å². The normalized spacial score (nSPS) is 14.2. The van der Waals surface area contributed by atoms with Crippen molar-refractivity contribution in [1.29, 1.82) is 0 Å². The number of rotatable bonds is 8. The van der Waals surface area contributed by atoms with Gasteiger partial charge in [-0.2, -0.15) is 0 Å². The molecule has 3 heterocycles. The zero-order valence-electron chi connectivity index (χ0n) is 18.5. The van der Waals surface area contributed by atoms with E-state index in [0.29, 0.717) is 33.2 Å². The summed E-state index contributed by atoms with van der Waals surface area (Å²) in [5, 5.41) is 12.1. The predicted octanol–water partition coefficient (Wildman–Crippen LogP) is 3.94. The lowest BCUT2D eigenvalue weighted by Crippen LogP contribution is -2.39. The van der Waals surface area contributed by atoms with Gasteiger partial charge in [0.1, 0.15) is 23.2 Å². The van der Waals surface area contributed by atoms with E-state index in [9.17, 15) is 4.79 Å². The van der Waals surface area contributed by atoms with Crippen LogP contribution < -0.4 is 16.0 Å². The third-order valence-corrected chi connectivity index (χ3v) is 6.18. The maximum atomic E-state index is 12.6. The number of aromatic nitrogens is 3. The molecule has 9 nitrogen and oxygen atoms in total. The fraction of sp³-hybridized carbons (Fsp3) is 0.364. The van der Waals surface area contributed by atoms with Gasteiger partial charge in [0.25, 0.3) is 5.91 Å². The van der Waals surface area contributed by atoms with Crippen molar-refractivity contribution in [3.63, 3.8) is 0 Å². The summed E-state index contributed by atoms with van der Waals surface area (Å²) in [5.74, 6) is 1.67. The zero-order valence-corrected chi connectivity index (χ0v) is 20.1. The minimum absolute atomic E-state index is 0.302. The second-order valence-electron chi connectivity index (χ2n) is 7.62. The van der Waals surface area contributed by atoms with Gasteiger partial charge in [0, 0.05) is 37.6 Å². The minimum atomic E-state index is -0.320. The Morgan fingerprint density at radius 1 is 1.18 bits per heavy atom. The highest BCUT2D eigenvalue weighted by Gasteiger charge is 2.15. The summed E-state index contributed by atoms with van der Waals surface area (Å²) in [5.41, 5.74) is 1.77. The summed E-state index contributed by atoms with van der Waals surface area (Å²) in [7, 11) is 0. The Balaban J connectivity index is 1.36. The molecule has 1 aromatic carbocycles. The van der Waals surface area contributed by atoms with Gasteiger partial charge in [-0.1, -0.05) is 23.7 Å². The lowest BCUT2D eigenvalue weighted by molar-refractivity contribution is 0.0398. The van der Waals surface area contributed by atoms with E-state index in [-0.39, 0.29) is 5.91 Å². The van der Waals surface area contributed by atoms with Crippen molar-refractivity contribution in [1.82, 2.24) is 19.9 Å². The summed E-state index contributed by atoms with van der Waals surface area (Å²) in [4.78, 5) is 28.3. The summed E-state index contributed by atoms with van der Waals surface area (Å²) in [6.07, 6.45) is 0. The summed E-state index contributed by atoms with van der Waals surface area (Å²) < 4.78 is 5.38. The lowest BCUT2D eigenvalue weighted by atomic mass is 10.2. The van der Waals surface area contributed by atoms with E-state index in [1.54, 1.807) is 11.4 Å². The fourth-order valence-electron chi connectivity index (χ4n) is 3.40. The molecule has 174 valence electrons. The van der Waals surface area contributed by atoms with Crippen molar-refractivity contribution < 1.29 is 9.53 Å². The van der Waals surface area contributed by atoms with Crippen LogP contribution in [0.5, 0.6) is 0 Å². The number of hydrogen-bond acceptors (Lipinski definition) is 9. The van der Waals surface area contributed by atoms with Crippen LogP contribution in [0.2, 0.25) is 5.02 Å². The molecule has 0 spiro atoms. The van der Waals surface area contributed by atoms with E-state index in [0.717, 1.165) is 50.8 Å². The molecule has 1 aliphatic rings. The molecule has 0 unspecified atom stereocenters. The molecule has 1 amide bonds. The first-order valence-electron chi connectivity index (χ1n) is 10.7. The number of ether oxygens (including phenoxy) is 1. The number of carbonyl (C=O) groups excluding carboxylic acids is 1. The van der Waals surface area contributed by atoms with Crippen LogP contribution in [-0.2, 0) is 4.74 Å². The molecule has 0 atom stereocenters. The molecule has 0 aliphatic carbocycles. The van der Waals surface area contributed by atoms with Gasteiger partial charge in [-0.05, 0) is 25.5 Å². The monoisotopic (exact) mass is 487 g/mol. The maximum absolute atomic E-state index is 12.6. The molecule has 2 aromatic heterocycles. The molecule has 4 rings (SSSR count). The van der Waals surface area contributed by atoms with Crippen LogP contribution in [0, 0.1) is 13.8 Å². The van der Waals surface area contributed by atoms with Crippen molar-refractivity contribution >= 4 is 51.3 Å². The molecule has 3 aromatic rings. The number of hydrogen-bond donors (Lipinski definition) is 3. The third kappa shape index (κ3) is 6.38. The van der Waals surface area contributed by atoms with Gasteiger partial charge in [0.05, 0.1) is 23.9 Å². The largest absolute Gasteiger partial charge is 0.379 e. The number of amides is 1. The van der Waals surface area contributed by atoms with Gasteiger partial charge in [-0.25, -0.2) is 15.0 Å². The maximum Gasteiger partial charge on any atom is 0.275 e. The van der Waals surface area contributed by atoms with Gasteiger partial charge in [0.15, 0.2) is 5.13 Å². The smallest absolute Gasteiger partial charge is 0.275 e. The second-order valence-corrected chi connectivity index (χ2v) is 8.88. The topological polar surface area (TPSA) is 104 Å². The Labute approximate surface area is 201 Å². The van der Waals surface area contributed by atoms with Gasteiger partial charge >= 0.3 is 0 Å². The number of para-hydroxylation sites is 1. The number of halogens is 1. The molecule has 3 N–H and O–H groups in total. The number of nitrogens with one attached hydrogen (secondary N) is 3. The van der Waals surface area contributed by atoms with Gasteiger partial charge in [-0.15, -0.1) is 11.3 Å². The first kappa shape index (κ1) is 23.4. The quantitative estimate of drug-likeness (QED) is 0.439. The highest BCUT2D eigenvalue weighted by Crippen LogP contribution is 2.27. The molecule has 1 saturated heterocycles. The van der Waals surface area contributed by atoms with Crippen molar-refractivity contribution in [3.8, 4) is 0 Å². The van der Waals surface area contributed by atoms with Crippen LogP contribution >= 0.6 is 22.9 Å². The van der Waals surface area contributed by atoms with Gasteiger partial charge in [0.2, 0.25) is 0 Å². The van der Waals surface area contributed by atoms with Crippen molar-refractivity contribution in [2.24, 2.45) is 0 Å². The number of nitrogens with zero attached hydrogens (tertiary/aromatic N) is 4. The van der Waals surface area contributed by atoms with Crippen LogP contribution in [0.3, 0.4) is 0 Å². The fourth-order valence-corrected chi connectivity index (χ4v) is 4.37. The summed E-state index contributed by atoms with van der Waals surface area (Å²) in [6.45, 7) is 8.90. The molecule has 11 heteroatoms. The second kappa shape index (κ2) is 10.9. The van der Waals surface area contributed by atoms with E-state index in [2.05, 4.69) is 35.8 Å². The van der Waals surface area contributed by atoms with Crippen LogP contribution in [0.25, 0.3) is 0 Å². The highest BCUT2D eigenvalue weighted by atomic mass is 35.5. The molecular formula is C22H26ClN7O2S. The Morgan fingerprint density at radius 2 is 1.97 bits per heavy atom. The minimum Gasteiger partial charge on any atom is -0.379 e. The number of anilines is 4. The van der Waals surface area contributed by atoms with Gasteiger partial charge in [-0.3, -0.25) is 9.69 Å². The van der Waals surface area contributed by atoms with E-state index in [4.69, 9.17) is 16.3 Å². The molecule has 0 saturated carbocycles. The number of thiazole rings is 1. The lowest BCUT2D eigenvalue weighted by Gasteiger charge is -2.26. The predicted molar refractivity (Wildman–Crippen MR) is 132 cm³/mol. The van der Waals surface area contributed by atoms with Crippen molar-refractivity contribution in [2.75, 3.05) is 55.3 Å². The standard InChI is InChI=1S/C22H26ClN7O2S/c1-14-4-3-5-16(23)20(14)29-21(31)17-13-33-22(27-17)28-19-12-18(25-15(2)26-19)24-6-7-30-8-10-32-11-9-30/h3-5,12-13H,6-11H2,1-2H3,(H,29,31)(H2,24,25,26,27,28).